The molecule has 1 atom stereocenters. The van der Waals surface area contributed by atoms with E-state index in [1.165, 1.54) is 12.4 Å². The van der Waals surface area contributed by atoms with E-state index in [0.717, 1.165) is 32.1 Å². The summed E-state index contributed by atoms with van der Waals surface area (Å²) in [6, 6.07) is 0. The Labute approximate surface area is 201 Å². The standard InChI is InChI=1S/C21H25F3N6O2S2/c22-21(23,24)33-15-10-25-17(26-11-15)14-2-6-29(7-3-14)19-27-12-16-18(28-19)30(8-9-34(16)32)20(13-31)4-1-5-20/h10-12,14,31H,1-9,13H2. The molecule has 2 aliphatic heterocycles. The maximum atomic E-state index is 12.6. The molecular formula is C21H25F3N6O2S2. The van der Waals surface area contributed by atoms with Gasteiger partial charge in [0.1, 0.15) is 5.82 Å². The van der Waals surface area contributed by atoms with Gasteiger partial charge in [-0.2, -0.15) is 18.2 Å². The van der Waals surface area contributed by atoms with Crippen molar-refractivity contribution in [3.05, 3.63) is 24.4 Å². The fourth-order valence-corrected chi connectivity index (χ4v) is 6.45. The number of hydrogen-bond acceptors (Lipinski definition) is 9. The van der Waals surface area contributed by atoms with Crippen LogP contribution in [0.5, 0.6) is 0 Å². The van der Waals surface area contributed by atoms with Crippen molar-refractivity contribution in [3.8, 4) is 0 Å². The van der Waals surface area contributed by atoms with E-state index in [1.807, 2.05) is 0 Å². The highest BCUT2D eigenvalue weighted by Gasteiger charge is 2.45. The first-order valence-corrected chi connectivity index (χ1v) is 13.4. The largest absolute Gasteiger partial charge is 0.446 e. The molecule has 34 heavy (non-hydrogen) atoms. The van der Waals surface area contributed by atoms with E-state index in [1.54, 1.807) is 6.20 Å². The van der Waals surface area contributed by atoms with E-state index in [2.05, 4.69) is 24.8 Å². The van der Waals surface area contributed by atoms with Crippen LogP contribution >= 0.6 is 11.8 Å². The minimum atomic E-state index is -4.36. The highest BCUT2D eigenvalue weighted by atomic mass is 32.2. The van der Waals surface area contributed by atoms with Crippen LogP contribution in [0.3, 0.4) is 0 Å². The monoisotopic (exact) mass is 514 g/mol. The molecule has 1 unspecified atom stereocenters. The SMILES string of the molecule is O=S1CCN(C2(CO)CCC2)c2nc(N3CCC(c4ncc(SC(F)(F)F)cn4)CC3)ncc21. The number of piperidine rings is 1. The van der Waals surface area contributed by atoms with Crippen LogP contribution in [0.1, 0.15) is 43.8 Å². The Morgan fingerprint density at radius 1 is 1.12 bits per heavy atom. The summed E-state index contributed by atoms with van der Waals surface area (Å²) in [6.07, 6.45) is 8.39. The van der Waals surface area contributed by atoms with E-state index in [-0.39, 0.29) is 34.7 Å². The van der Waals surface area contributed by atoms with Gasteiger partial charge in [-0.3, -0.25) is 4.21 Å². The second-order valence-electron chi connectivity index (χ2n) is 8.88. The molecule has 5 rings (SSSR count). The predicted molar refractivity (Wildman–Crippen MR) is 122 cm³/mol. The summed E-state index contributed by atoms with van der Waals surface area (Å²) in [5.41, 5.74) is -4.69. The van der Waals surface area contributed by atoms with Crippen LogP contribution in [0.25, 0.3) is 0 Å². The lowest BCUT2D eigenvalue weighted by Crippen LogP contribution is -2.59. The number of hydrogen-bond donors (Lipinski definition) is 1. The molecule has 2 fully saturated rings. The third-order valence-corrected chi connectivity index (χ3v) is 8.91. The summed E-state index contributed by atoms with van der Waals surface area (Å²) in [6.45, 7) is 1.95. The first-order chi connectivity index (χ1) is 16.3. The maximum absolute atomic E-state index is 12.6. The third kappa shape index (κ3) is 4.61. The Kier molecular flexibility index (Phi) is 6.44. The summed E-state index contributed by atoms with van der Waals surface area (Å²) in [7, 11) is -1.16. The van der Waals surface area contributed by atoms with E-state index >= 15 is 0 Å². The highest BCUT2D eigenvalue weighted by molar-refractivity contribution is 8.00. The summed E-state index contributed by atoms with van der Waals surface area (Å²) < 4.78 is 50.1. The van der Waals surface area contributed by atoms with E-state index in [0.29, 0.717) is 47.9 Å². The molecule has 0 spiro atoms. The number of rotatable bonds is 5. The van der Waals surface area contributed by atoms with Crippen molar-refractivity contribution in [1.82, 2.24) is 19.9 Å². The Hall–Kier alpha value is -1.99. The number of aliphatic hydroxyl groups is 1. The van der Waals surface area contributed by atoms with Crippen molar-refractivity contribution in [1.29, 1.82) is 0 Å². The molecular weight excluding hydrogens is 489 g/mol. The molecule has 3 aliphatic rings. The average Bonchev–Trinajstić information content (AvgIpc) is 2.79. The minimum absolute atomic E-state index is 0.0230. The van der Waals surface area contributed by atoms with Gasteiger partial charge in [-0.25, -0.2) is 15.0 Å². The van der Waals surface area contributed by atoms with Crippen LogP contribution in [0.15, 0.2) is 28.4 Å². The molecule has 13 heteroatoms. The van der Waals surface area contributed by atoms with Gasteiger partial charge in [0.2, 0.25) is 5.95 Å². The number of aromatic nitrogens is 4. The first kappa shape index (κ1) is 23.7. The first-order valence-electron chi connectivity index (χ1n) is 11.2. The summed E-state index contributed by atoms with van der Waals surface area (Å²) in [5, 5.41) is 10.1. The summed E-state index contributed by atoms with van der Waals surface area (Å²) >= 11 is -0.217. The zero-order chi connectivity index (χ0) is 23.9. The molecule has 0 aromatic carbocycles. The predicted octanol–water partition coefficient (Wildman–Crippen LogP) is 3.11. The highest BCUT2D eigenvalue weighted by Crippen LogP contribution is 2.43. The summed E-state index contributed by atoms with van der Waals surface area (Å²) in [4.78, 5) is 22.4. The van der Waals surface area contributed by atoms with E-state index < -0.39 is 16.3 Å². The summed E-state index contributed by atoms with van der Waals surface area (Å²) in [5.74, 6) is 2.32. The molecule has 0 amide bonds. The van der Waals surface area contributed by atoms with Crippen molar-refractivity contribution >= 4 is 34.3 Å². The van der Waals surface area contributed by atoms with Crippen LogP contribution in [0.4, 0.5) is 24.9 Å². The smallest absolute Gasteiger partial charge is 0.394 e. The molecule has 1 aliphatic carbocycles. The van der Waals surface area contributed by atoms with Gasteiger partial charge in [0.15, 0.2) is 5.82 Å². The van der Waals surface area contributed by atoms with Gasteiger partial charge < -0.3 is 14.9 Å². The molecule has 4 heterocycles. The third-order valence-electron chi connectivity index (χ3n) is 6.90. The van der Waals surface area contributed by atoms with Crippen molar-refractivity contribution in [2.45, 2.75) is 58.9 Å². The van der Waals surface area contributed by atoms with Crippen LogP contribution < -0.4 is 9.80 Å². The zero-order valence-corrected chi connectivity index (χ0v) is 20.0. The number of thioether (sulfide) groups is 1. The maximum Gasteiger partial charge on any atom is 0.446 e. The second kappa shape index (κ2) is 9.23. The minimum Gasteiger partial charge on any atom is -0.394 e. The lowest BCUT2D eigenvalue weighted by Gasteiger charge is -2.51. The van der Waals surface area contributed by atoms with E-state index in [9.17, 15) is 22.5 Å². The zero-order valence-electron chi connectivity index (χ0n) is 18.4. The molecule has 0 bridgehead atoms. The van der Waals surface area contributed by atoms with Crippen LogP contribution in [0.2, 0.25) is 0 Å². The Balaban J connectivity index is 1.29. The van der Waals surface area contributed by atoms with Crippen LogP contribution in [0, 0.1) is 0 Å². The number of alkyl halides is 3. The molecule has 2 aromatic heterocycles. The molecule has 0 radical (unpaired) electrons. The van der Waals surface area contributed by atoms with Gasteiger partial charge in [-0.15, -0.1) is 0 Å². The number of fused-ring (bicyclic) bond motifs is 1. The van der Waals surface area contributed by atoms with Crippen molar-refractivity contribution < 1.29 is 22.5 Å². The molecule has 1 N–H and O–H groups in total. The number of halogens is 3. The molecule has 2 aromatic rings. The molecule has 1 saturated carbocycles. The number of anilines is 2. The van der Waals surface area contributed by atoms with E-state index in [4.69, 9.17) is 4.98 Å². The Morgan fingerprint density at radius 2 is 1.82 bits per heavy atom. The van der Waals surface area contributed by atoms with Gasteiger partial charge in [0, 0.05) is 43.7 Å². The Bertz CT molecular complexity index is 1050. The van der Waals surface area contributed by atoms with Gasteiger partial charge >= 0.3 is 5.51 Å². The topological polar surface area (TPSA) is 95.3 Å². The number of nitrogens with zero attached hydrogens (tertiary/aromatic N) is 6. The van der Waals surface area contributed by atoms with Gasteiger partial charge in [0.05, 0.1) is 38.9 Å². The van der Waals surface area contributed by atoms with Crippen molar-refractivity contribution in [3.63, 3.8) is 0 Å². The van der Waals surface area contributed by atoms with Gasteiger partial charge in [-0.1, -0.05) is 0 Å². The van der Waals surface area contributed by atoms with Crippen molar-refractivity contribution in [2.75, 3.05) is 41.8 Å². The quantitative estimate of drug-likeness (QED) is 0.604. The Morgan fingerprint density at radius 3 is 2.41 bits per heavy atom. The number of aliphatic hydroxyl groups excluding tert-OH is 1. The van der Waals surface area contributed by atoms with Crippen LogP contribution in [-0.2, 0) is 10.8 Å². The second-order valence-corrected chi connectivity index (χ2v) is 11.6. The fraction of sp³-hybridized carbons (Fsp3) is 0.619. The molecule has 1 saturated heterocycles. The van der Waals surface area contributed by atoms with Crippen LogP contribution in [-0.4, -0.2) is 72.3 Å². The van der Waals surface area contributed by atoms with Gasteiger partial charge in [-0.05, 0) is 43.9 Å². The van der Waals surface area contributed by atoms with Crippen molar-refractivity contribution in [2.24, 2.45) is 0 Å². The average molecular weight is 515 g/mol. The lowest BCUT2D eigenvalue weighted by atomic mass is 9.76. The fourth-order valence-electron chi connectivity index (χ4n) is 4.87. The lowest BCUT2D eigenvalue weighted by molar-refractivity contribution is -0.0328. The molecule has 8 nitrogen and oxygen atoms in total. The molecule has 184 valence electrons. The van der Waals surface area contributed by atoms with Gasteiger partial charge in [0.25, 0.3) is 0 Å². The normalized spacial score (nSPS) is 22.9.